The van der Waals surface area contributed by atoms with E-state index in [9.17, 15) is 14.7 Å². The van der Waals surface area contributed by atoms with Crippen LogP contribution in [0, 0.1) is 12.3 Å². The van der Waals surface area contributed by atoms with Crippen LogP contribution in [0.1, 0.15) is 18.5 Å². The number of amides is 1. The molecule has 1 amide bonds. The molecule has 1 saturated carbocycles. The van der Waals surface area contributed by atoms with Gasteiger partial charge in [0.2, 0.25) is 0 Å². The number of hydrogen-bond acceptors (Lipinski definition) is 4. The van der Waals surface area contributed by atoms with Gasteiger partial charge in [0.15, 0.2) is 0 Å². The lowest BCUT2D eigenvalue weighted by Gasteiger charge is -2.40. The van der Waals surface area contributed by atoms with Crippen molar-refractivity contribution in [3.05, 3.63) is 48.3 Å². The summed E-state index contributed by atoms with van der Waals surface area (Å²) in [6, 6.07) is 11.7. The minimum Gasteiger partial charge on any atom is -0.481 e. The van der Waals surface area contributed by atoms with Gasteiger partial charge in [-0.3, -0.25) is 14.6 Å². The van der Waals surface area contributed by atoms with Crippen LogP contribution >= 0.6 is 0 Å². The van der Waals surface area contributed by atoms with Crippen LogP contribution in [0.15, 0.2) is 42.6 Å². The van der Waals surface area contributed by atoms with Crippen LogP contribution in [0.25, 0.3) is 11.1 Å². The molecule has 2 bridgehead atoms. The number of nitrogens with zero attached hydrogens (tertiary/aromatic N) is 1. The molecule has 25 heavy (non-hydrogen) atoms. The van der Waals surface area contributed by atoms with Crippen molar-refractivity contribution in [3.63, 3.8) is 0 Å². The number of carbonyl (C=O) groups excluding carboxylic acids is 1. The van der Waals surface area contributed by atoms with Gasteiger partial charge in [-0.15, -0.1) is 0 Å². The zero-order chi connectivity index (χ0) is 17.7. The molecule has 3 aliphatic rings. The first-order chi connectivity index (χ1) is 11.9. The summed E-state index contributed by atoms with van der Waals surface area (Å²) >= 11 is 0. The Morgan fingerprint density at radius 1 is 1.20 bits per heavy atom. The van der Waals surface area contributed by atoms with Crippen LogP contribution in [0.2, 0.25) is 0 Å². The van der Waals surface area contributed by atoms with Crippen molar-refractivity contribution in [1.82, 2.24) is 4.98 Å². The Morgan fingerprint density at radius 2 is 1.92 bits per heavy atom. The number of aliphatic carboxylic acids is 1. The Labute approximate surface area is 144 Å². The second kappa shape index (κ2) is 5.39. The highest BCUT2D eigenvalue weighted by atomic mass is 16.5. The number of benzene rings is 1. The summed E-state index contributed by atoms with van der Waals surface area (Å²) in [5.74, 6) is -1.19. The zero-order valence-electron chi connectivity index (χ0n) is 13.8. The molecule has 5 rings (SSSR count). The van der Waals surface area contributed by atoms with Gasteiger partial charge in [0.1, 0.15) is 5.60 Å². The number of hydrogen-bond donors (Lipinski definition) is 2. The number of pyridine rings is 1. The van der Waals surface area contributed by atoms with E-state index in [4.69, 9.17) is 4.74 Å². The number of aryl methyl sites for hydroxylation is 1. The van der Waals surface area contributed by atoms with E-state index in [1.807, 2.05) is 43.3 Å². The second-order valence-electron chi connectivity index (χ2n) is 6.90. The van der Waals surface area contributed by atoms with E-state index in [1.165, 1.54) is 0 Å². The number of carboxylic acids is 1. The number of nitrogens with one attached hydrogen (secondary N) is 1. The van der Waals surface area contributed by atoms with E-state index >= 15 is 0 Å². The van der Waals surface area contributed by atoms with Crippen LogP contribution in [0.3, 0.4) is 0 Å². The molecule has 0 atom stereocenters. The predicted molar refractivity (Wildman–Crippen MR) is 91.0 cm³/mol. The third-order valence-electron chi connectivity index (χ3n) is 5.18. The third kappa shape index (κ3) is 2.41. The molecular formula is C19H18N2O4. The molecule has 2 aliphatic heterocycles. The number of rotatable bonds is 4. The number of carbonyl (C=O) groups is 2. The monoisotopic (exact) mass is 338 g/mol. The Morgan fingerprint density at radius 3 is 2.56 bits per heavy atom. The molecule has 1 aromatic carbocycles. The summed E-state index contributed by atoms with van der Waals surface area (Å²) in [6.07, 6.45) is 2.22. The quantitative estimate of drug-likeness (QED) is 0.895. The summed E-state index contributed by atoms with van der Waals surface area (Å²) in [5, 5.41) is 12.2. The summed E-state index contributed by atoms with van der Waals surface area (Å²) in [5.41, 5.74) is 1.31. The Hall–Kier alpha value is -2.73. The van der Waals surface area contributed by atoms with E-state index in [0.29, 0.717) is 11.4 Å². The predicted octanol–water partition coefficient (Wildman–Crippen LogP) is 2.63. The Kier molecular flexibility index (Phi) is 3.40. The van der Waals surface area contributed by atoms with Crippen LogP contribution in [-0.2, 0) is 14.3 Å². The average molecular weight is 338 g/mol. The fraction of sp³-hybridized carbons (Fsp3) is 0.316. The molecule has 3 heterocycles. The lowest BCUT2D eigenvalue weighted by Crippen LogP contribution is -2.55. The third-order valence-corrected chi connectivity index (χ3v) is 5.18. The highest BCUT2D eigenvalue weighted by Crippen LogP contribution is 2.58. The molecule has 128 valence electrons. The van der Waals surface area contributed by atoms with Crippen molar-refractivity contribution in [2.24, 2.45) is 5.41 Å². The minimum absolute atomic E-state index is 0.0943. The van der Waals surface area contributed by atoms with Gasteiger partial charge >= 0.3 is 5.97 Å². The van der Waals surface area contributed by atoms with Gasteiger partial charge in [-0.25, -0.2) is 0 Å². The highest BCUT2D eigenvalue weighted by Gasteiger charge is 2.70. The molecule has 1 aromatic heterocycles. The average Bonchev–Trinajstić information content (AvgIpc) is 3.16. The number of fused-ring (bicyclic) bond motifs is 1. The molecular weight excluding hydrogens is 320 g/mol. The molecule has 2 N–H and O–H groups in total. The SMILES string of the molecule is Cc1ncc(-c2ccccc2)cc1NC(=O)C12CC(C(=O)O)(CO1)C2. The molecule has 0 unspecified atom stereocenters. The summed E-state index contributed by atoms with van der Waals surface area (Å²) in [4.78, 5) is 28.4. The lowest BCUT2D eigenvalue weighted by molar-refractivity contribution is -0.156. The van der Waals surface area contributed by atoms with Crippen LogP contribution < -0.4 is 5.32 Å². The molecule has 1 aliphatic carbocycles. The van der Waals surface area contributed by atoms with Gasteiger partial charge in [0.05, 0.1) is 23.4 Å². The molecule has 2 aromatic rings. The van der Waals surface area contributed by atoms with Gasteiger partial charge in [-0.05, 0) is 18.6 Å². The fourth-order valence-electron chi connectivity index (χ4n) is 3.65. The topological polar surface area (TPSA) is 88.5 Å². The van der Waals surface area contributed by atoms with Gasteiger partial charge in [-0.2, -0.15) is 0 Å². The van der Waals surface area contributed by atoms with E-state index in [0.717, 1.165) is 11.1 Å². The molecule has 2 saturated heterocycles. The first-order valence-electron chi connectivity index (χ1n) is 8.15. The van der Waals surface area contributed by atoms with Gasteiger partial charge < -0.3 is 15.2 Å². The van der Waals surface area contributed by atoms with E-state index in [1.54, 1.807) is 6.20 Å². The zero-order valence-corrected chi connectivity index (χ0v) is 13.8. The molecule has 0 radical (unpaired) electrons. The van der Waals surface area contributed by atoms with Gasteiger partial charge in [0.25, 0.3) is 5.91 Å². The van der Waals surface area contributed by atoms with Crippen molar-refractivity contribution in [2.45, 2.75) is 25.4 Å². The van der Waals surface area contributed by atoms with Crippen molar-refractivity contribution in [1.29, 1.82) is 0 Å². The number of anilines is 1. The maximum absolute atomic E-state index is 12.7. The smallest absolute Gasteiger partial charge is 0.312 e. The molecule has 6 heteroatoms. The summed E-state index contributed by atoms with van der Waals surface area (Å²) < 4.78 is 5.55. The van der Waals surface area contributed by atoms with E-state index in [2.05, 4.69) is 10.3 Å². The van der Waals surface area contributed by atoms with Gasteiger partial charge in [-0.1, -0.05) is 30.3 Å². The first-order valence-corrected chi connectivity index (χ1v) is 8.15. The summed E-state index contributed by atoms with van der Waals surface area (Å²) in [7, 11) is 0. The standard InChI is InChI=1S/C19H18N2O4/c1-12-15(7-14(8-20-12)13-5-3-2-4-6-13)21-16(22)19-9-18(10-19,11-25-19)17(23)24/h2-8H,9-11H2,1H3,(H,21,22)(H,23,24). The van der Waals surface area contributed by atoms with E-state index < -0.39 is 17.0 Å². The van der Waals surface area contributed by atoms with Gasteiger partial charge in [0, 0.05) is 24.6 Å². The van der Waals surface area contributed by atoms with Crippen LogP contribution in [-0.4, -0.2) is 34.2 Å². The second-order valence-corrected chi connectivity index (χ2v) is 6.90. The number of carboxylic acid groups (broad SMARTS) is 1. The van der Waals surface area contributed by atoms with E-state index in [-0.39, 0.29) is 25.4 Å². The Bertz CT molecular complexity index is 857. The van der Waals surface area contributed by atoms with Crippen LogP contribution in [0.4, 0.5) is 5.69 Å². The van der Waals surface area contributed by atoms with Crippen LogP contribution in [0.5, 0.6) is 0 Å². The van der Waals surface area contributed by atoms with Crippen molar-refractivity contribution < 1.29 is 19.4 Å². The molecule has 3 fully saturated rings. The molecule has 0 spiro atoms. The van der Waals surface area contributed by atoms with Crippen molar-refractivity contribution in [2.75, 3.05) is 11.9 Å². The molecule has 6 nitrogen and oxygen atoms in total. The largest absolute Gasteiger partial charge is 0.481 e. The lowest BCUT2D eigenvalue weighted by atomic mass is 9.62. The minimum atomic E-state index is -1.02. The highest BCUT2D eigenvalue weighted by molar-refractivity contribution is 6.01. The normalized spacial score (nSPS) is 26.8. The number of ether oxygens (including phenoxy) is 1. The van der Waals surface area contributed by atoms with Crippen molar-refractivity contribution >= 4 is 17.6 Å². The Balaban J connectivity index is 1.56. The fourth-order valence-corrected chi connectivity index (χ4v) is 3.65. The maximum Gasteiger partial charge on any atom is 0.312 e. The maximum atomic E-state index is 12.7. The number of aromatic nitrogens is 1. The van der Waals surface area contributed by atoms with Crippen molar-refractivity contribution in [3.8, 4) is 11.1 Å². The first kappa shape index (κ1) is 15.8. The summed E-state index contributed by atoms with van der Waals surface area (Å²) in [6.45, 7) is 1.91.